The minimum Gasteiger partial charge on any atom is -0.381 e. The van der Waals surface area contributed by atoms with Crippen molar-refractivity contribution < 1.29 is 0 Å². The van der Waals surface area contributed by atoms with E-state index in [1.165, 1.54) is 0 Å². The van der Waals surface area contributed by atoms with Gasteiger partial charge in [-0.1, -0.05) is 18.5 Å². The largest absolute Gasteiger partial charge is 0.381 e. The first-order valence-electron chi connectivity index (χ1n) is 6.25. The van der Waals surface area contributed by atoms with Gasteiger partial charge in [0.2, 0.25) is 0 Å². The van der Waals surface area contributed by atoms with Gasteiger partial charge in [0.05, 0.1) is 11.3 Å². The van der Waals surface area contributed by atoms with Crippen LogP contribution in [0.25, 0.3) is 0 Å². The Labute approximate surface area is 113 Å². The number of benzene rings is 1. The van der Waals surface area contributed by atoms with Gasteiger partial charge in [0.25, 0.3) is 0 Å². The molecular weight excluding hydrogens is 246 g/mol. The molecule has 0 bridgehead atoms. The lowest BCUT2D eigenvalue weighted by Gasteiger charge is -2.35. The molecule has 1 aromatic rings. The summed E-state index contributed by atoms with van der Waals surface area (Å²) in [5.41, 5.74) is 1.51. The summed E-state index contributed by atoms with van der Waals surface area (Å²) in [6.07, 6.45) is 1.10. The predicted octanol–water partition coefficient (Wildman–Crippen LogP) is 2.96. The molecule has 0 spiro atoms. The highest BCUT2D eigenvalue weighted by Crippen LogP contribution is 2.24. The van der Waals surface area contributed by atoms with Crippen LogP contribution >= 0.6 is 11.6 Å². The van der Waals surface area contributed by atoms with Crippen molar-refractivity contribution >= 4 is 17.3 Å². The first kappa shape index (κ1) is 13.2. The lowest BCUT2D eigenvalue weighted by molar-refractivity contribution is 0.206. The number of nitriles is 1. The molecule has 4 heteroatoms. The average molecular weight is 264 g/mol. The van der Waals surface area contributed by atoms with Crippen LogP contribution in [0, 0.1) is 17.2 Å². The highest BCUT2D eigenvalue weighted by atomic mass is 35.5. The summed E-state index contributed by atoms with van der Waals surface area (Å²) in [7, 11) is 2.15. The third kappa shape index (κ3) is 2.95. The molecule has 1 aromatic carbocycles. The molecule has 0 aliphatic carbocycles. The minimum atomic E-state index is 0.425. The second kappa shape index (κ2) is 5.60. The molecular formula is C14H18ClN3. The molecule has 0 saturated carbocycles. The van der Waals surface area contributed by atoms with Gasteiger partial charge in [-0.05, 0) is 44.1 Å². The van der Waals surface area contributed by atoms with Gasteiger partial charge >= 0.3 is 0 Å². The number of halogens is 1. The Morgan fingerprint density at radius 1 is 1.50 bits per heavy atom. The third-order valence-corrected chi connectivity index (χ3v) is 3.79. The van der Waals surface area contributed by atoms with Crippen LogP contribution in [-0.2, 0) is 0 Å². The average Bonchev–Trinajstić information content (AvgIpc) is 2.34. The van der Waals surface area contributed by atoms with E-state index in [1.807, 2.05) is 12.1 Å². The zero-order chi connectivity index (χ0) is 13.1. The van der Waals surface area contributed by atoms with E-state index in [9.17, 15) is 0 Å². The summed E-state index contributed by atoms with van der Waals surface area (Å²) in [5, 5.41) is 13.2. The van der Waals surface area contributed by atoms with Crippen molar-refractivity contribution in [2.45, 2.75) is 19.4 Å². The molecule has 1 aliphatic heterocycles. The molecule has 1 N–H and O–H groups in total. The van der Waals surface area contributed by atoms with E-state index in [-0.39, 0.29) is 0 Å². The lowest BCUT2D eigenvalue weighted by Crippen LogP contribution is -2.43. The van der Waals surface area contributed by atoms with E-state index in [4.69, 9.17) is 16.9 Å². The van der Waals surface area contributed by atoms with Crippen LogP contribution in [0.3, 0.4) is 0 Å². The Hall–Kier alpha value is -1.24. The number of likely N-dealkylation sites (tertiary alicyclic amines) is 1. The molecule has 2 rings (SSSR count). The maximum Gasteiger partial charge on any atom is 0.101 e. The number of rotatable bonds is 2. The van der Waals surface area contributed by atoms with Crippen LogP contribution in [0.5, 0.6) is 0 Å². The fourth-order valence-electron chi connectivity index (χ4n) is 2.50. The van der Waals surface area contributed by atoms with Gasteiger partial charge in [-0.15, -0.1) is 0 Å². The number of nitrogens with one attached hydrogen (secondary N) is 1. The van der Waals surface area contributed by atoms with Gasteiger partial charge in [0.1, 0.15) is 6.07 Å². The first-order chi connectivity index (χ1) is 8.60. The fourth-order valence-corrected chi connectivity index (χ4v) is 2.68. The summed E-state index contributed by atoms with van der Waals surface area (Å²) >= 11 is 5.90. The number of hydrogen-bond acceptors (Lipinski definition) is 3. The van der Waals surface area contributed by atoms with Crippen molar-refractivity contribution in [1.29, 1.82) is 5.26 Å². The maximum absolute atomic E-state index is 9.12. The standard InChI is InChI=1S/C14H18ClN3/c1-10-9-18(2)6-5-13(10)17-14-4-3-12(15)7-11(14)8-16/h3-4,7,10,13,17H,5-6,9H2,1-2H3. The molecule has 2 atom stereocenters. The Morgan fingerprint density at radius 3 is 2.94 bits per heavy atom. The van der Waals surface area contributed by atoms with Crippen molar-refractivity contribution in [2.24, 2.45) is 5.92 Å². The molecule has 18 heavy (non-hydrogen) atoms. The van der Waals surface area contributed by atoms with Gasteiger partial charge in [-0.2, -0.15) is 5.26 Å². The zero-order valence-corrected chi connectivity index (χ0v) is 11.5. The first-order valence-corrected chi connectivity index (χ1v) is 6.62. The molecule has 1 fully saturated rings. The van der Waals surface area contributed by atoms with Crippen LogP contribution in [-0.4, -0.2) is 31.1 Å². The number of hydrogen-bond donors (Lipinski definition) is 1. The van der Waals surface area contributed by atoms with Crippen LogP contribution in [0.4, 0.5) is 5.69 Å². The van der Waals surface area contributed by atoms with Gasteiger partial charge in [-0.3, -0.25) is 0 Å². The molecule has 0 aromatic heterocycles. The van der Waals surface area contributed by atoms with Crippen LogP contribution in [0.15, 0.2) is 18.2 Å². The van der Waals surface area contributed by atoms with E-state index < -0.39 is 0 Å². The summed E-state index contributed by atoms with van der Waals surface area (Å²) in [6.45, 7) is 4.43. The zero-order valence-electron chi connectivity index (χ0n) is 10.8. The Bertz CT molecular complexity index is 467. The summed E-state index contributed by atoms with van der Waals surface area (Å²) < 4.78 is 0. The molecule has 0 amide bonds. The number of anilines is 1. The molecule has 1 heterocycles. The van der Waals surface area contributed by atoms with Gasteiger partial charge < -0.3 is 10.2 Å². The van der Waals surface area contributed by atoms with Crippen molar-refractivity contribution in [3.8, 4) is 6.07 Å². The Balaban J connectivity index is 2.12. The normalized spacial score (nSPS) is 24.6. The van der Waals surface area contributed by atoms with Crippen LogP contribution < -0.4 is 5.32 Å². The maximum atomic E-state index is 9.12. The fraction of sp³-hybridized carbons (Fsp3) is 0.500. The van der Waals surface area contributed by atoms with Crippen molar-refractivity contribution in [3.05, 3.63) is 28.8 Å². The van der Waals surface area contributed by atoms with E-state index in [1.54, 1.807) is 6.07 Å². The topological polar surface area (TPSA) is 39.1 Å². The monoisotopic (exact) mass is 263 g/mol. The van der Waals surface area contributed by atoms with Crippen molar-refractivity contribution in [1.82, 2.24) is 4.90 Å². The highest BCUT2D eigenvalue weighted by Gasteiger charge is 2.24. The van der Waals surface area contributed by atoms with Gasteiger partial charge in [0, 0.05) is 17.6 Å². The Kier molecular flexibility index (Phi) is 4.11. The lowest BCUT2D eigenvalue weighted by atomic mass is 9.93. The second-order valence-electron chi connectivity index (χ2n) is 5.08. The SMILES string of the molecule is CC1CN(C)CCC1Nc1ccc(Cl)cc1C#N. The second-order valence-corrected chi connectivity index (χ2v) is 5.52. The molecule has 1 aliphatic rings. The molecule has 2 unspecified atom stereocenters. The van der Waals surface area contributed by atoms with Gasteiger partial charge in [-0.25, -0.2) is 0 Å². The molecule has 3 nitrogen and oxygen atoms in total. The summed E-state index contributed by atoms with van der Waals surface area (Å²) in [6, 6.07) is 8.05. The molecule has 96 valence electrons. The quantitative estimate of drug-likeness (QED) is 0.892. The van der Waals surface area contributed by atoms with E-state index >= 15 is 0 Å². The highest BCUT2D eigenvalue weighted by molar-refractivity contribution is 6.30. The summed E-state index contributed by atoms with van der Waals surface area (Å²) in [4.78, 5) is 2.34. The summed E-state index contributed by atoms with van der Waals surface area (Å²) in [5.74, 6) is 0.575. The van der Waals surface area contributed by atoms with Crippen LogP contribution in [0.1, 0.15) is 18.9 Å². The van der Waals surface area contributed by atoms with Gasteiger partial charge in [0.15, 0.2) is 0 Å². The molecule has 0 radical (unpaired) electrons. The van der Waals surface area contributed by atoms with Crippen LogP contribution in [0.2, 0.25) is 5.02 Å². The smallest absolute Gasteiger partial charge is 0.101 e. The van der Waals surface area contributed by atoms with E-state index in [0.29, 0.717) is 22.5 Å². The predicted molar refractivity (Wildman–Crippen MR) is 74.9 cm³/mol. The van der Waals surface area contributed by atoms with E-state index in [0.717, 1.165) is 25.2 Å². The van der Waals surface area contributed by atoms with Crippen molar-refractivity contribution in [3.63, 3.8) is 0 Å². The van der Waals surface area contributed by atoms with E-state index in [2.05, 4.69) is 30.3 Å². The third-order valence-electron chi connectivity index (χ3n) is 3.55. The number of piperidine rings is 1. The number of nitrogens with zero attached hydrogens (tertiary/aromatic N) is 2. The minimum absolute atomic E-state index is 0.425. The van der Waals surface area contributed by atoms with Crippen molar-refractivity contribution in [2.75, 3.05) is 25.5 Å². The molecule has 1 saturated heterocycles. The Morgan fingerprint density at radius 2 is 2.28 bits per heavy atom.